The fourth-order valence-corrected chi connectivity index (χ4v) is 5.18. The Hall–Kier alpha value is -5.72. The third kappa shape index (κ3) is 8.61. The number of carbonyl (C=O) groups is 4. The van der Waals surface area contributed by atoms with E-state index in [4.69, 9.17) is 4.74 Å². The molecule has 2 aromatic carbocycles. The Morgan fingerprint density at radius 3 is 2.29 bits per heavy atom. The number of nitrogens with one attached hydrogen (secondary N) is 2. The fraction of sp³-hybridized carbons (Fsp3) is 0.278. The molecule has 4 rings (SSSR count). The summed E-state index contributed by atoms with van der Waals surface area (Å²) in [4.78, 5) is 69.9. The number of hydrogen-bond acceptors (Lipinski definition) is 7. The number of ether oxygens (including phenoxy) is 1. The number of pyridine rings is 2. The number of rotatable bonds is 13. The highest BCUT2D eigenvalue weighted by atomic mass is 19.3. The summed E-state index contributed by atoms with van der Waals surface area (Å²) in [5.41, 5.74) is 2.26. The number of alkyl halides is 2. The predicted octanol–water partition coefficient (Wildman–Crippen LogP) is 4.93. The normalized spacial score (nSPS) is 11.2. The summed E-state index contributed by atoms with van der Waals surface area (Å²) in [5.74, 6) is -8.72. The third-order valence-electron chi connectivity index (χ3n) is 7.66. The van der Waals surface area contributed by atoms with Gasteiger partial charge in [-0.05, 0) is 60.2 Å². The standard InChI is InChI=1S/C36H37F2N5O6/c1-23(2)27-15-9-8-12-25(27)19-20-39-34(47)36(37,38)30(44)21-40-32(45)22-42-28(26-13-6-5-7-14-26)17-18-29(33(42)46)43(35(48)49-4)31-16-10-11-24(3)41-31/h5-18,23H,19-22H2,1-4H3,(H,39,47)(H,40,45). The molecule has 0 bridgehead atoms. The third-order valence-corrected chi connectivity index (χ3v) is 7.66. The minimum atomic E-state index is -4.42. The van der Waals surface area contributed by atoms with E-state index < -0.39 is 48.3 Å². The van der Waals surface area contributed by atoms with Crippen molar-refractivity contribution in [3.05, 3.63) is 112 Å². The number of benzene rings is 2. The number of Topliss-reactive ketones (excluding diaryl/α,β-unsaturated/α-hetero) is 1. The van der Waals surface area contributed by atoms with Crippen LogP contribution in [-0.2, 0) is 32.1 Å². The van der Waals surface area contributed by atoms with Crippen LogP contribution in [0, 0.1) is 6.92 Å². The largest absolute Gasteiger partial charge is 0.452 e. The van der Waals surface area contributed by atoms with E-state index in [-0.39, 0.29) is 36.1 Å². The molecule has 0 aliphatic heterocycles. The van der Waals surface area contributed by atoms with Crippen molar-refractivity contribution in [2.75, 3.05) is 25.1 Å². The Morgan fingerprint density at radius 2 is 1.61 bits per heavy atom. The molecule has 2 heterocycles. The zero-order valence-electron chi connectivity index (χ0n) is 27.5. The van der Waals surface area contributed by atoms with Crippen molar-refractivity contribution in [3.8, 4) is 11.3 Å². The lowest BCUT2D eigenvalue weighted by molar-refractivity contribution is -0.158. The second-order valence-corrected chi connectivity index (χ2v) is 11.4. The Balaban J connectivity index is 1.51. The molecule has 256 valence electrons. The van der Waals surface area contributed by atoms with E-state index in [1.165, 1.54) is 18.2 Å². The zero-order chi connectivity index (χ0) is 35.7. The van der Waals surface area contributed by atoms with E-state index in [2.05, 4.69) is 15.6 Å². The molecule has 4 aromatic rings. The summed E-state index contributed by atoms with van der Waals surface area (Å²) in [7, 11) is 1.13. The molecule has 0 saturated heterocycles. The average Bonchev–Trinajstić information content (AvgIpc) is 3.09. The summed E-state index contributed by atoms with van der Waals surface area (Å²) < 4.78 is 35.5. The first-order valence-electron chi connectivity index (χ1n) is 15.5. The van der Waals surface area contributed by atoms with Gasteiger partial charge in [0, 0.05) is 12.2 Å². The second-order valence-electron chi connectivity index (χ2n) is 11.4. The molecule has 2 aromatic heterocycles. The maximum Gasteiger partial charge on any atom is 0.420 e. The molecule has 3 amide bonds. The molecule has 13 heteroatoms. The molecule has 0 unspecified atom stereocenters. The van der Waals surface area contributed by atoms with E-state index in [9.17, 15) is 32.8 Å². The molecule has 49 heavy (non-hydrogen) atoms. The van der Waals surface area contributed by atoms with Gasteiger partial charge in [-0.2, -0.15) is 8.78 Å². The van der Waals surface area contributed by atoms with Crippen LogP contribution in [0.2, 0.25) is 0 Å². The first-order chi connectivity index (χ1) is 23.3. The highest BCUT2D eigenvalue weighted by Gasteiger charge is 2.46. The van der Waals surface area contributed by atoms with Crippen molar-refractivity contribution in [2.45, 2.75) is 45.6 Å². The number of carbonyl (C=O) groups excluding carboxylic acids is 4. The number of methoxy groups -OCH3 is 1. The van der Waals surface area contributed by atoms with Crippen LogP contribution in [0.25, 0.3) is 11.3 Å². The lowest BCUT2D eigenvalue weighted by Gasteiger charge is -2.22. The highest BCUT2D eigenvalue weighted by Crippen LogP contribution is 2.26. The topological polar surface area (TPSA) is 140 Å². The first kappa shape index (κ1) is 36.1. The van der Waals surface area contributed by atoms with Crippen molar-refractivity contribution in [2.24, 2.45) is 0 Å². The number of hydrogen-bond donors (Lipinski definition) is 2. The zero-order valence-corrected chi connectivity index (χ0v) is 27.5. The van der Waals surface area contributed by atoms with E-state index in [1.807, 2.05) is 38.1 Å². The van der Waals surface area contributed by atoms with E-state index >= 15 is 0 Å². The molecule has 0 spiro atoms. The summed E-state index contributed by atoms with van der Waals surface area (Å²) in [6.07, 6.45) is -0.639. The monoisotopic (exact) mass is 673 g/mol. The van der Waals surface area contributed by atoms with Gasteiger partial charge in [0.1, 0.15) is 18.1 Å². The van der Waals surface area contributed by atoms with Crippen LogP contribution in [0.3, 0.4) is 0 Å². The minimum Gasteiger partial charge on any atom is -0.452 e. The molecule has 0 saturated carbocycles. The number of aryl methyl sites for hydroxylation is 1. The summed E-state index contributed by atoms with van der Waals surface area (Å²) in [5, 5.41) is 4.21. The van der Waals surface area contributed by atoms with Gasteiger partial charge >= 0.3 is 12.0 Å². The summed E-state index contributed by atoms with van der Waals surface area (Å²) in [6, 6.07) is 23.7. The molecule has 0 radical (unpaired) electrons. The number of aromatic nitrogens is 2. The van der Waals surface area contributed by atoms with Crippen LogP contribution in [0.1, 0.15) is 36.6 Å². The Bertz CT molecular complexity index is 1890. The number of anilines is 2. The summed E-state index contributed by atoms with van der Waals surface area (Å²) in [6.45, 7) is 3.67. The van der Waals surface area contributed by atoms with Crippen LogP contribution in [0.4, 0.5) is 25.1 Å². The van der Waals surface area contributed by atoms with Gasteiger partial charge in [-0.3, -0.25) is 23.7 Å². The lowest BCUT2D eigenvalue weighted by Crippen LogP contribution is -2.50. The van der Waals surface area contributed by atoms with Gasteiger partial charge in [-0.25, -0.2) is 14.7 Å². The van der Waals surface area contributed by atoms with Gasteiger partial charge in [-0.15, -0.1) is 0 Å². The number of nitrogens with zero attached hydrogens (tertiary/aromatic N) is 3. The molecule has 2 N–H and O–H groups in total. The maximum atomic E-state index is 14.8. The SMILES string of the molecule is COC(=O)N(c1cccc(C)n1)c1ccc(-c2ccccc2)n(CC(=O)NCC(=O)C(F)(F)C(=O)NCCc2ccccc2C(C)C)c1=O. The van der Waals surface area contributed by atoms with Gasteiger partial charge in [0.2, 0.25) is 11.7 Å². The lowest BCUT2D eigenvalue weighted by atomic mass is 9.95. The molecular weight excluding hydrogens is 636 g/mol. The smallest absolute Gasteiger partial charge is 0.420 e. The quantitative estimate of drug-likeness (QED) is 0.192. The van der Waals surface area contributed by atoms with Crippen molar-refractivity contribution in [3.63, 3.8) is 0 Å². The van der Waals surface area contributed by atoms with Gasteiger partial charge < -0.3 is 15.4 Å². The molecular formula is C36H37F2N5O6. The van der Waals surface area contributed by atoms with Crippen molar-refractivity contribution < 1.29 is 32.7 Å². The van der Waals surface area contributed by atoms with Crippen LogP contribution in [0.5, 0.6) is 0 Å². The van der Waals surface area contributed by atoms with Crippen molar-refractivity contribution >= 4 is 35.2 Å². The first-order valence-corrected chi connectivity index (χ1v) is 15.5. The number of amides is 3. The van der Waals surface area contributed by atoms with Crippen molar-refractivity contribution in [1.82, 2.24) is 20.2 Å². The molecule has 0 aliphatic carbocycles. The molecule has 11 nitrogen and oxygen atoms in total. The van der Waals surface area contributed by atoms with Gasteiger partial charge in [-0.1, -0.05) is 74.5 Å². The van der Waals surface area contributed by atoms with Crippen molar-refractivity contribution in [1.29, 1.82) is 0 Å². The Kier molecular flexibility index (Phi) is 11.7. The predicted molar refractivity (Wildman–Crippen MR) is 180 cm³/mol. The van der Waals surface area contributed by atoms with E-state index in [1.54, 1.807) is 49.4 Å². The Morgan fingerprint density at radius 1 is 0.918 bits per heavy atom. The van der Waals surface area contributed by atoms with Gasteiger partial charge in [0.15, 0.2) is 0 Å². The highest BCUT2D eigenvalue weighted by molar-refractivity contribution is 6.09. The van der Waals surface area contributed by atoms with Crippen LogP contribution in [0.15, 0.2) is 89.7 Å². The maximum absolute atomic E-state index is 14.8. The molecule has 0 atom stereocenters. The van der Waals surface area contributed by atoms with E-state index in [0.29, 0.717) is 11.3 Å². The van der Waals surface area contributed by atoms with E-state index in [0.717, 1.165) is 27.7 Å². The van der Waals surface area contributed by atoms with Crippen LogP contribution in [-0.4, -0.2) is 59.4 Å². The fourth-order valence-electron chi connectivity index (χ4n) is 5.18. The van der Waals surface area contributed by atoms with Crippen LogP contribution < -0.4 is 21.1 Å². The minimum absolute atomic E-state index is 0.0858. The van der Waals surface area contributed by atoms with Gasteiger partial charge in [0.05, 0.1) is 19.3 Å². The number of halogens is 2. The second kappa shape index (κ2) is 15.9. The molecule has 0 aliphatic rings. The average molecular weight is 674 g/mol. The molecule has 0 fully saturated rings. The summed E-state index contributed by atoms with van der Waals surface area (Å²) >= 11 is 0. The number of ketones is 1. The van der Waals surface area contributed by atoms with Gasteiger partial charge in [0.25, 0.3) is 11.5 Å². The Labute approximate surface area is 281 Å². The van der Waals surface area contributed by atoms with Crippen LogP contribution >= 0.6 is 0 Å².